The smallest absolute Gasteiger partial charge is 0.383 e. The van der Waals surface area contributed by atoms with Crippen LogP contribution in [0.3, 0.4) is 0 Å². The maximum atomic E-state index is 13.9. The molecule has 3 aromatic carbocycles. The minimum Gasteiger partial charge on any atom is -0.383 e. The zero-order chi connectivity index (χ0) is 19.3. The van der Waals surface area contributed by atoms with Gasteiger partial charge in [-0.1, -0.05) is 30.3 Å². The van der Waals surface area contributed by atoms with Crippen LogP contribution in [-0.4, -0.2) is 17.8 Å². The number of hydrogen-bond acceptors (Lipinski definition) is 2. The van der Waals surface area contributed by atoms with E-state index < -0.39 is 18.4 Å². The van der Waals surface area contributed by atoms with Gasteiger partial charge in [0, 0.05) is 16.7 Å². The van der Waals surface area contributed by atoms with Gasteiger partial charge < -0.3 is 5.73 Å². The number of amidine groups is 2. The fraction of sp³-hybridized carbons (Fsp3) is 0.100. The lowest BCUT2D eigenvalue weighted by Gasteiger charge is -2.15. The minimum atomic E-state index is -4.34. The van der Waals surface area contributed by atoms with Crippen LogP contribution in [0.4, 0.5) is 17.6 Å². The van der Waals surface area contributed by atoms with Gasteiger partial charge in [-0.2, -0.15) is 13.2 Å². The first-order valence-electron chi connectivity index (χ1n) is 8.09. The van der Waals surface area contributed by atoms with Crippen molar-refractivity contribution >= 4 is 22.4 Å². The summed E-state index contributed by atoms with van der Waals surface area (Å²) < 4.78 is 52.3. The second kappa shape index (κ2) is 5.90. The van der Waals surface area contributed by atoms with Crippen LogP contribution >= 0.6 is 0 Å². The molecule has 4 rings (SSSR count). The lowest BCUT2D eigenvalue weighted by atomic mass is 9.89. The van der Waals surface area contributed by atoms with Gasteiger partial charge in [-0.15, -0.1) is 0 Å². The largest absolute Gasteiger partial charge is 0.393 e. The van der Waals surface area contributed by atoms with Crippen LogP contribution in [0.2, 0.25) is 0 Å². The lowest BCUT2D eigenvalue weighted by molar-refractivity contribution is -0.127. The van der Waals surface area contributed by atoms with E-state index in [9.17, 15) is 17.6 Å². The Balaban J connectivity index is 2.02. The highest BCUT2D eigenvalue weighted by atomic mass is 19.4. The fourth-order valence-electron chi connectivity index (χ4n) is 3.42. The molecule has 27 heavy (non-hydrogen) atoms. The second-order valence-electron chi connectivity index (χ2n) is 6.38. The first-order valence-corrected chi connectivity index (χ1v) is 8.09. The number of benzene rings is 3. The van der Waals surface area contributed by atoms with Crippen molar-refractivity contribution < 1.29 is 17.6 Å². The number of nitrogens with one attached hydrogen (secondary N) is 1. The normalized spacial score (nSPS) is 13.8. The van der Waals surface area contributed by atoms with Crippen molar-refractivity contribution in [2.75, 3.05) is 0 Å². The van der Waals surface area contributed by atoms with Crippen LogP contribution in [0.1, 0.15) is 16.7 Å². The molecule has 0 aromatic heterocycles. The molecule has 136 valence electrons. The molecular formula is C20H13F4N3. The molecule has 0 saturated heterocycles. The van der Waals surface area contributed by atoms with Crippen molar-refractivity contribution in [3.05, 3.63) is 71.0 Å². The second-order valence-corrected chi connectivity index (χ2v) is 6.38. The standard InChI is InChI=1S/C20H13F4N3/c21-13-5-4-11-7-15-17(19(26)27-18(15)25)16(14(11)8-13)12-3-1-2-10(6-12)9-20(22,23)24/h1-8H,9H2,(H3,25,26,27). The van der Waals surface area contributed by atoms with Gasteiger partial charge in [-0.25, -0.2) is 9.38 Å². The molecule has 1 heterocycles. The van der Waals surface area contributed by atoms with Crippen molar-refractivity contribution in [1.29, 1.82) is 5.41 Å². The number of hydrogen-bond donors (Lipinski definition) is 2. The Morgan fingerprint density at radius 2 is 1.78 bits per heavy atom. The molecule has 0 saturated carbocycles. The van der Waals surface area contributed by atoms with Crippen LogP contribution in [0.25, 0.3) is 21.9 Å². The van der Waals surface area contributed by atoms with Crippen LogP contribution in [0.5, 0.6) is 0 Å². The Kier molecular flexibility index (Phi) is 3.76. The SMILES string of the molecule is N=C1N=C(N)c2cc3ccc(F)cc3c(-c3cccc(CC(F)(F)F)c3)c21. The van der Waals surface area contributed by atoms with E-state index >= 15 is 0 Å². The number of nitrogens with two attached hydrogens (primary N) is 1. The molecule has 0 unspecified atom stereocenters. The Bertz CT molecular complexity index is 1130. The average Bonchev–Trinajstić information content (AvgIpc) is 2.85. The number of fused-ring (bicyclic) bond motifs is 2. The topological polar surface area (TPSA) is 62.2 Å². The van der Waals surface area contributed by atoms with E-state index in [-0.39, 0.29) is 17.2 Å². The number of rotatable bonds is 2. The van der Waals surface area contributed by atoms with Crippen molar-refractivity contribution in [3.8, 4) is 11.1 Å². The molecule has 1 aliphatic heterocycles. The van der Waals surface area contributed by atoms with Gasteiger partial charge in [0.1, 0.15) is 11.7 Å². The average molecular weight is 371 g/mol. The first-order chi connectivity index (χ1) is 12.7. The predicted octanol–water partition coefficient (Wildman–Crippen LogP) is 4.79. The molecule has 3 aromatic rings. The molecule has 0 radical (unpaired) electrons. The van der Waals surface area contributed by atoms with Gasteiger partial charge in [-0.05, 0) is 40.1 Å². The molecule has 0 fully saturated rings. The molecule has 7 heteroatoms. The molecule has 3 N–H and O–H groups in total. The van der Waals surface area contributed by atoms with Gasteiger partial charge in [0.15, 0.2) is 5.84 Å². The van der Waals surface area contributed by atoms with Gasteiger partial charge in [0.05, 0.1) is 6.42 Å². The Morgan fingerprint density at radius 3 is 2.52 bits per heavy atom. The summed E-state index contributed by atoms with van der Waals surface area (Å²) in [6.45, 7) is 0. The number of aliphatic imine (C=N–C) groups is 1. The highest BCUT2D eigenvalue weighted by molar-refractivity contribution is 6.26. The van der Waals surface area contributed by atoms with Crippen molar-refractivity contribution in [1.82, 2.24) is 0 Å². The van der Waals surface area contributed by atoms with E-state index in [4.69, 9.17) is 11.1 Å². The Labute approximate surface area is 151 Å². The third kappa shape index (κ3) is 3.05. The van der Waals surface area contributed by atoms with Gasteiger partial charge in [-0.3, -0.25) is 5.41 Å². The third-order valence-electron chi connectivity index (χ3n) is 4.47. The summed E-state index contributed by atoms with van der Waals surface area (Å²) in [6.07, 6.45) is -5.41. The summed E-state index contributed by atoms with van der Waals surface area (Å²) in [7, 11) is 0. The molecular weight excluding hydrogens is 358 g/mol. The van der Waals surface area contributed by atoms with Crippen LogP contribution < -0.4 is 5.73 Å². The summed E-state index contributed by atoms with van der Waals surface area (Å²) in [5, 5.41) is 9.30. The zero-order valence-electron chi connectivity index (χ0n) is 13.9. The van der Waals surface area contributed by atoms with Crippen LogP contribution in [0, 0.1) is 11.2 Å². The highest BCUT2D eigenvalue weighted by Gasteiger charge is 2.29. The van der Waals surface area contributed by atoms with Crippen LogP contribution in [0.15, 0.2) is 53.5 Å². The summed E-state index contributed by atoms with van der Waals surface area (Å²) in [5.74, 6) is -0.410. The van der Waals surface area contributed by atoms with Crippen LogP contribution in [-0.2, 0) is 6.42 Å². The minimum absolute atomic E-state index is 0.0839. The van der Waals surface area contributed by atoms with Crippen molar-refractivity contribution in [2.24, 2.45) is 10.7 Å². The van der Waals surface area contributed by atoms with Crippen molar-refractivity contribution in [3.63, 3.8) is 0 Å². The summed E-state index contributed by atoms with van der Waals surface area (Å²) in [5.41, 5.74) is 7.83. The molecule has 0 aliphatic carbocycles. The number of nitrogens with zero attached hydrogens (tertiary/aromatic N) is 1. The molecule has 3 nitrogen and oxygen atoms in total. The highest BCUT2D eigenvalue weighted by Crippen LogP contribution is 2.38. The first kappa shape index (κ1) is 17.2. The van der Waals surface area contributed by atoms with E-state index in [0.29, 0.717) is 33.0 Å². The van der Waals surface area contributed by atoms with Gasteiger partial charge in [0.25, 0.3) is 0 Å². The van der Waals surface area contributed by atoms with E-state index in [1.165, 1.54) is 30.3 Å². The molecule has 0 bridgehead atoms. The number of alkyl halides is 3. The van der Waals surface area contributed by atoms with E-state index in [1.54, 1.807) is 18.2 Å². The van der Waals surface area contributed by atoms with Gasteiger partial charge in [0.2, 0.25) is 0 Å². The van der Waals surface area contributed by atoms with Gasteiger partial charge >= 0.3 is 6.18 Å². The molecule has 0 spiro atoms. The third-order valence-corrected chi connectivity index (χ3v) is 4.47. The zero-order valence-corrected chi connectivity index (χ0v) is 13.9. The molecule has 1 aliphatic rings. The maximum Gasteiger partial charge on any atom is 0.393 e. The monoisotopic (exact) mass is 371 g/mol. The van der Waals surface area contributed by atoms with E-state index in [1.807, 2.05) is 0 Å². The summed E-state index contributed by atoms with van der Waals surface area (Å²) >= 11 is 0. The predicted molar refractivity (Wildman–Crippen MR) is 96.7 cm³/mol. The maximum absolute atomic E-state index is 13.9. The van der Waals surface area contributed by atoms with E-state index in [2.05, 4.69) is 4.99 Å². The lowest BCUT2D eigenvalue weighted by Crippen LogP contribution is -2.12. The summed E-state index contributed by atoms with van der Waals surface area (Å²) in [4.78, 5) is 3.97. The summed E-state index contributed by atoms with van der Waals surface area (Å²) in [6, 6.07) is 11.9. The number of halogens is 4. The van der Waals surface area contributed by atoms with E-state index in [0.717, 1.165) is 0 Å². The quantitative estimate of drug-likeness (QED) is 0.625. The Hall–Kier alpha value is -3.22. The fourth-order valence-corrected chi connectivity index (χ4v) is 3.42. The molecule has 0 amide bonds. The molecule has 0 atom stereocenters. The van der Waals surface area contributed by atoms with Crippen molar-refractivity contribution in [2.45, 2.75) is 12.6 Å². The Morgan fingerprint density at radius 1 is 1.00 bits per heavy atom.